The average molecular weight is 332 g/mol. The molecule has 116 valence electrons. The highest BCUT2D eigenvalue weighted by atomic mass is 35.5. The zero-order chi connectivity index (χ0) is 14.8. The van der Waals surface area contributed by atoms with E-state index in [0.29, 0.717) is 18.5 Å². The first kappa shape index (κ1) is 17.8. The van der Waals surface area contributed by atoms with Crippen LogP contribution in [0, 0.1) is 0 Å². The summed E-state index contributed by atoms with van der Waals surface area (Å²) in [7, 11) is 0. The largest absolute Gasteiger partial charge is 0.366 e. The van der Waals surface area contributed by atoms with Gasteiger partial charge in [0.1, 0.15) is 0 Å². The standard InChI is InChI=1S/C14H18ClN3O2.ClH/c15-11-5-4-9(8-10(11)12(16)19)18-13(20)14(17)6-2-1-3-7-14;/h4-5,8H,1-3,6-7,17H2,(H2,16,19)(H,18,20);1H. The number of anilines is 1. The lowest BCUT2D eigenvalue weighted by Gasteiger charge is -2.31. The van der Waals surface area contributed by atoms with Gasteiger partial charge in [-0.15, -0.1) is 12.4 Å². The molecule has 0 aromatic heterocycles. The predicted molar refractivity (Wildman–Crippen MR) is 85.9 cm³/mol. The molecule has 21 heavy (non-hydrogen) atoms. The monoisotopic (exact) mass is 331 g/mol. The van der Waals surface area contributed by atoms with Crippen molar-refractivity contribution in [3.8, 4) is 0 Å². The Kier molecular flexibility index (Phi) is 6.01. The summed E-state index contributed by atoms with van der Waals surface area (Å²) in [6.45, 7) is 0. The van der Waals surface area contributed by atoms with Gasteiger partial charge in [0.05, 0.1) is 16.1 Å². The second-order valence-electron chi connectivity index (χ2n) is 5.23. The normalized spacial score (nSPS) is 16.7. The van der Waals surface area contributed by atoms with Gasteiger partial charge in [0.25, 0.3) is 0 Å². The number of halogens is 2. The molecule has 0 aliphatic heterocycles. The second kappa shape index (κ2) is 7.11. The van der Waals surface area contributed by atoms with Crippen molar-refractivity contribution in [3.05, 3.63) is 28.8 Å². The molecule has 0 saturated heterocycles. The molecule has 1 fully saturated rings. The van der Waals surface area contributed by atoms with Gasteiger partial charge in [0.2, 0.25) is 11.8 Å². The van der Waals surface area contributed by atoms with Crippen LogP contribution < -0.4 is 16.8 Å². The Morgan fingerprint density at radius 2 is 1.81 bits per heavy atom. The molecule has 1 aromatic rings. The molecule has 2 amide bonds. The van der Waals surface area contributed by atoms with Crippen LogP contribution in [-0.4, -0.2) is 17.4 Å². The van der Waals surface area contributed by atoms with Crippen LogP contribution >= 0.6 is 24.0 Å². The Balaban J connectivity index is 0.00000220. The number of carbonyl (C=O) groups excluding carboxylic acids is 2. The van der Waals surface area contributed by atoms with Crippen molar-refractivity contribution in [1.82, 2.24) is 0 Å². The third-order valence-corrected chi connectivity index (χ3v) is 4.02. The van der Waals surface area contributed by atoms with E-state index in [2.05, 4.69) is 5.32 Å². The summed E-state index contributed by atoms with van der Waals surface area (Å²) in [5.41, 5.74) is 11.2. The van der Waals surface area contributed by atoms with Gasteiger partial charge in [-0.3, -0.25) is 9.59 Å². The smallest absolute Gasteiger partial charge is 0.250 e. The summed E-state index contributed by atoms with van der Waals surface area (Å²) < 4.78 is 0. The lowest BCUT2D eigenvalue weighted by atomic mass is 9.82. The van der Waals surface area contributed by atoms with Crippen molar-refractivity contribution in [2.45, 2.75) is 37.6 Å². The molecule has 0 unspecified atom stereocenters. The zero-order valence-corrected chi connectivity index (χ0v) is 13.1. The molecule has 5 N–H and O–H groups in total. The summed E-state index contributed by atoms with van der Waals surface area (Å²) in [6, 6.07) is 4.62. The molecule has 5 nitrogen and oxygen atoms in total. The molecule has 0 spiro atoms. The van der Waals surface area contributed by atoms with Gasteiger partial charge in [-0.05, 0) is 31.0 Å². The highest BCUT2D eigenvalue weighted by Crippen LogP contribution is 2.28. The number of carbonyl (C=O) groups is 2. The van der Waals surface area contributed by atoms with Crippen LogP contribution in [-0.2, 0) is 4.79 Å². The molecule has 7 heteroatoms. The molecule has 0 atom stereocenters. The minimum Gasteiger partial charge on any atom is -0.366 e. The van der Waals surface area contributed by atoms with Crippen molar-refractivity contribution < 1.29 is 9.59 Å². The Morgan fingerprint density at radius 1 is 1.19 bits per heavy atom. The fraction of sp³-hybridized carbons (Fsp3) is 0.429. The highest BCUT2D eigenvalue weighted by molar-refractivity contribution is 6.34. The summed E-state index contributed by atoms with van der Waals surface area (Å²) in [6.07, 6.45) is 4.37. The van der Waals surface area contributed by atoms with E-state index in [1.54, 1.807) is 6.07 Å². The highest BCUT2D eigenvalue weighted by Gasteiger charge is 2.35. The SMILES string of the molecule is Cl.NC(=O)c1cc(NC(=O)C2(N)CCCCC2)ccc1Cl. The summed E-state index contributed by atoms with van der Waals surface area (Å²) in [5.74, 6) is -0.860. The molecule has 0 heterocycles. The molecule has 0 bridgehead atoms. The molecule has 1 saturated carbocycles. The lowest BCUT2D eigenvalue weighted by molar-refractivity contribution is -0.122. The number of hydrogen-bond acceptors (Lipinski definition) is 3. The second-order valence-corrected chi connectivity index (χ2v) is 5.64. The van der Waals surface area contributed by atoms with Crippen molar-refractivity contribution >= 4 is 41.5 Å². The van der Waals surface area contributed by atoms with Crippen LogP contribution in [0.4, 0.5) is 5.69 Å². The van der Waals surface area contributed by atoms with Crippen LogP contribution in [0.1, 0.15) is 42.5 Å². The number of rotatable bonds is 3. The van der Waals surface area contributed by atoms with Crippen LogP contribution in [0.2, 0.25) is 5.02 Å². The Hall–Kier alpha value is -1.30. The molecule has 0 radical (unpaired) electrons. The van der Waals surface area contributed by atoms with E-state index in [9.17, 15) is 9.59 Å². The summed E-state index contributed by atoms with van der Waals surface area (Å²) in [5, 5.41) is 3.00. The summed E-state index contributed by atoms with van der Waals surface area (Å²) in [4.78, 5) is 23.5. The van der Waals surface area contributed by atoms with Gasteiger partial charge in [-0.25, -0.2) is 0 Å². The van der Waals surface area contributed by atoms with E-state index >= 15 is 0 Å². The van der Waals surface area contributed by atoms with E-state index in [-0.39, 0.29) is 28.9 Å². The van der Waals surface area contributed by atoms with Gasteiger partial charge < -0.3 is 16.8 Å². The van der Waals surface area contributed by atoms with Crippen LogP contribution in [0.15, 0.2) is 18.2 Å². The molecular formula is C14H19Cl2N3O2. The molecule has 1 aromatic carbocycles. The topological polar surface area (TPSA) is 98.2 Å². The maximum atomic E-state index is 12.3. The molecule has 2 rings (SSSR count). The van der Waals surface area contributed by atoms with E-state index in [1.165, 1.54) is 12.1 Å². The number of benzene rings is 1. The third-order valence-electron chi connectivity index (χ3n) is 3.69. The maximum absolute atomic E-state index is 12.3. The molecule has 1 aliphatic carbocycles. The third kappa shape index (κ3) is 4.09. The maximum Gasteiger partial charge on any atom is 0.250 e. The first-order valence-electron chi connectivity index (χ1n) is 6.62. The van der Waals surface area contributed by atoms with Gasteiger partial charge in [0, 0.05) is 5.69 Å². The first-order chi connectivity index (χ1) is 9.42. The van der Waals surface area contributed by atoms with Crippen molar-refractivity contribution in [2.24, 2.45) is 11.5 Å². The van der Waals surface area contributed by atoms with Gasteiger partial charge >= 0.3 is 0 Å². The first-order valence-corrected chi connectivity index (χ1v) is 7.00. The number of nitrogens with two attached hydrogens (primary N) is 2. The van der Waals surface area contributed by atoms with Crippen LogP contribution in [0.3, 0.4) is 0 Å². The summed E-state index contributed by atoms with van der Waals surface area (Å²) >= 11 is 5.87. The van der Waals surface area contributed by atoms with Crippen LogP contribution in [0.5, 0.6) is 0 Å². The van der Waals surface area contributed by atoms with Gasteiger partial charge in [-0.1, -0.05) is 30.9 Å². The Morgan fingerprint density at radius 3 is 2.38 bits per heavy atom. The number of hydrogen-bond donors (Lipinski definition) is 3. The minimum atomic E-state index is -0.829. The number of amides is 2. The van der Waals surface area contributed by atoms with Crippen molar-refractivity contribution in [2.75, 3.05) is 5.32 Å². The van der Waals surface area contributed by atoms with Crippen molar-refractivity contribution in [1.29, 1.82) is 0 Å². The van der Waals surface area contributed by atoms with Crippen LogP contribution in [0.25, 0.3) is 0 Å². The molecular weight excluding hydrogens is 313 g/mol. The van der Waals surface area contributed by atoms with Crippen molar-refractivity contribution in [3.63, 3.8) is 0 Å². The lowest BCUT2D eigenvalue weighted by Crippen LogP contribution is -2.52. The van der Waals surface area contributed by atoms with E-state index in [4.69, 9.17) is 23.1 Å². The fourth-order valence-corrected chi connectivity index (χ4v) is 2.67. The Bertz CT molecular complexity index is 543. The zero-order valence-electron chi connectivity index (χ0n) is 11.5. The van der Waals surface area contributed by atoms with Gasteiger partial charge in [-0.2, -0.15) is 0 Å². The Labute approximate surface area is 134 Å². The molecule has 1 aliphatic rings. The quantitative estimate of drug-likeness (QED) is 0.793. The van der Waals surface area contributed by atoms with E-state index in [1.807, 2.05) is 0 Å². The number of primary amides is 1. The fourth-order valence-electron chi connectivity index (χ4n) is 2.46. The van der Waals surface area contributed by atoms with E-state index < -0.39 is 11.4 Å². The average Bonchev–Trinajstić information content (AvgIpc) is 2.41. The minimum absolute atomic E-state index is 0. The predicted octanol–water partition coefficient (Wildman–Crippen LogP) is 2.46. The number of nitrogens with one attached hydrogen (secondary N) is 1. The van der Waals surface area contributed by atoms with Gasteiger partial charge in [0.15, 0.2) is 0 Å². The van der Waals surface area contributed by atoms with E-state index in [0.717, 1.165) is 19.3 Å².